The van der Waals surface area contributed by atoms with Gasteiger partial charge in [0.25, 0.3) is 0 Å². The summed E-state index contributed by atoms with van der Waals surface area (Å²) < 4.78 is 1.20. The number of nitrogens with zero attached hydrogens (tertiary/aromatic N) is 2. The summed E-state index contributed by atoms with van der Waals surface area (Å²) in [4.78, 5) is 6.93. The molecule has 102 valence electrons. The third-order valence-electron chi connectivity index (χ3n) is 4.21. The van der Waals surface area contributed by atoms with Gasteiger partial charge in [-0.25, -0.2) is 4.98 Å². The van der Waals surface area contributed by atoms with Crippen molar-refractivity contribution in [3.8, 4) is 0 Å². The second kappa shape index (κ2) is 5.10. The van der Waals surface area contributed by atoms with E-state index >= 15 is 0 Å². The van der Waals surface area contributed by atoms with E-state index in [1.807, 2.05) is 0 Å². The first-order valence-corrected chi connectivity index (χ1v) is 7.86. The van der Waals surface area contributed by atoms with Gasteiger partial charge in [-0.05, 0) is 44.4 Å². The van der Waals surface area contributed by atoms with Crippen LogP contribution in [-0.2, 0) is 6.54 Å². The van der Waals surface area contributed by atoms with Gasteiger partial charge in [-0.15, -0.1) is 0 Å². The maximum atomic E-state index is 5.77. The lowest BCUT2D eigenvalue weighted by Gasteiger charge is -2.39. The van der Waals surface area contributed by atoms with Crippen LogP contribution < -0.4 is 5.73 Å². The number of anilines is 1. The number of thiazole rings is 1. The van der Waals surface area contributed by atoms with Crippen LogP contribution in [0.2, 0.25) is 0 Å². The Morgan fingerprint density at radius 1 is 1.32 bits per heavy atom. The molecule has 0 spiro atoms. The number of hydrogen-bond acceptors (Lipinski definition) is 4. The number of fused-ring (bicyclic) bond motifs is 1. The maximum absolute atomic E-state index is 5.77. The molecule has 3 rings (SSSR count). The number of hydrogen-bond donors (Lipinski definition) is 1. The monoisotopic (exact) mass is 275 g/mol. The number of nitrogen functional groups attached to an aromatic ring is 1. The van der Waals surface area contributed by atoms with Gasteiger partial charge in [0, 0.05) is 18.6 Å². The second-order valence-electron chi connectivity index (χ2n) is 5.66. The third-order valence-corrected chi connectivity index (χ3v) is 5.06. The third kappa shape index (κ3) is 2.60. The van der Waals surface area contributed by atoms with Crippen molar-refractivity contribution < 1.29 is 0 Å². The van der Waals surface area contributed by atoms with Gasteiger partial charge in [-0.1, -0.05) is 23.8 Å². The maximum Gasteiger partial charge on any atom is 0.181 e. The number of rotatable bonds is 2. The molecule has 19 heavy (non-hydrogen) atoms. The van der Waals surface area contributed by atoms with Crippen LogP contribution in [0.25, 0.3) is 10.2 Å². The highest BCUT2D eigenvalue weighted by atomic mass is 32.1. The zero-order chi connectivity index (χ0) is 13.4. The van der Waals surface area contributed by atoms with Crippen LogP contribution in [0.3, 0.4) is 0 Å². The van der Waals surface area contributed by atoms with Gasteiger partial charge in [-0.2, -0.15) is 0 Å². The molecular formula is C15H21N3S. The molecule has 1 aliphatic rings. The standard InChI is InChI=1S/C15H21N3S/c1-10-4-3-5-11(2)18(10)9-12-6-7-13-14(8-12)19-15(16)17-13/h6-8,10-11H,3-5,9H2,1-2H3,(H2,16,17)/t10-,11+. The van der Waals surface area contributed by atoms with E-state index in [9.17, 15) is 0 Å². The van der Waals surface area contributed by atoms with Crippen molar-refractivity contribution in [2.24, 2.45) is 0 Å². The Balaban J connectivity index is 1.83. The molecule has 1 aliphatic heterocycles. The van der Waals surface area contributed by atoms with Crippen LogP contribution in [0, 0.1) is 0 Å². The van der Waals surface area contributed by atoms with E-state index in [0.29, 0.717) is 17.2 Å². The summed E-state index contributed by atoms with van der Waals surface area (Å²) in [5.74, 6) is 0. The Hall–Kier alpha value is -1.13. The highest BCUT2D eigenvalue weighted by molar-refractivity contribution is 7.22. The summed E-state index contributed by atoms with van der Waals surface area (Å²) in [5.41, 5.74) is 8.16. The lowest BCUT2D eigenvalue weighted by atomic mass is 9.97. The quantitative estimate of drug-likeness (QED) is 0.910. The molecule has 0 saturated carbocycles. The molecule has 2 aromatic rings. The van der Waals surface area contributed by atoms with Crippen LogP contribution >= 0.6 is 11.3 Å². The summed E-state index contributed by atoms with van der Waals surface area (Å²) in [6, 6.07) is 7.90. The molecule has 2 heterocycles. The fraction of sp³-hybridized carbons (Fsp3) is 0.533. The summed E-state index contributed by atoms with van der Waals surface area (Å²) in [5, 5.41) is 0.659. The van der Waals surface area contributed by atoms with Crippen LogP contribution in [0.15, 0.2) is 18.2 Å². The number of aromatic nitrogens is 1. The lowest BCUT2D eigenvalue weighted by Crippen LogP contribution is -2.42. The number of nitrogens with two attached hydrogens (primary N) is 1. The zero-order valence-corrected chi connectivity index (χ0v) is 12.4. The van der Waals surface area contributed by atoms with Crippen molar-refractivity contribution in [3.05, 3.63) is 23.8 Å². The largest absolute Gasteiger partial charge is 0.375 e. The molecule has 3 nitrogen and oxygen atoms in total. The van der Waals surface area contributed by atoms with E-state index < -0.39 is 0 Å². The van der Waals surface area contributed by atoms with Crippen LogP contribution in [0.5, 0.6) is 0 Å². The average molecular weight is 275 g/mol. The van der Waals surface area contributed by atoms with Gasteiger partial charge in [0.2, 0.25) is 0 Å². The van der Waals surface area contributed by atoms with Crippen molar-refractivity contribution in [1.82, 2.24) is 9.88 Å². The first kappa shape index (κ1) is 12.9. The van der Waals surface area contributed by atoms with Gasteiger partial charge in [0.15, 0.2) is 5.13 Å². The molecular weight excluding hydrogens is 254 g/mol. The van der Waals surface area contributed by atoms with E-state index in [-0.39, 0.29) is 0 Å². The molecule has 2 N–H and O–H groups in total. The fourth-order valence-electron chi connectivity index (χ4n) is 3.08. The Morgan fingerprint density at radius 3 is 2.79 bits per heavy atom. The van der Waals surface area contributed by atoms with Crippen LogP contribution in [0.4, 0.5) is 5.13 Å². The van der Waals surface area contributed by atoms with Crippen molar-refractivity contribution in [2.75, 3.05) is 5.73 Å². The predicted molar refractivity (Wildman–Crippen MR) is 82.4 cm³/mol. The minimum absolute atomic E-state index is 0.659. The van der Waals surface area contributed by atoms with E-state index in [1.165, 1.54) is 29.5 Å². The van der Waals surface area contributed by atoms with E-state index in [2.05, 4.69) is 41.9 Å². The summed E-state index contributed by atoms with van der Waals surface area (Å²) in [6.45, 7) is 5.73. The molecule has 1 fully saturated rings. The van der Waals surface area contributed by atoms with E-state index in [1.54, 1.807) is 11.3 Å². The lowest BCUT2D eigenvalue weighted by molar-refractivity contribution is 0.0953. The topological polar surface area (TPSA) is 42.2 Å². The summed E-state index contributed by atoms with van der Waals surface area (Å²) >= 11 is 1.58. The van der Waals surface area contributed by atoms with Gasteiger partial charge in [0.05, 0.1) is 10.2 Å². The van der Waals surface area contributed by atoms with Crippen molar-refractivity contribution in [1.29, 1.82) is 0 Å². The Labute approximate surface area is 118 Å². The summed E-state index contributed by atoms with van der Waals surface area (Å²) in [7, 11) is 0. The Morgan fingerprint density at radius 2 is 2.05 bits per heavy atom. The molecule has 0 bridgehead atoms. The highest BCUT2D eigenvalue weighted by Gasteiger charge is 2.24. The molecule has 0 amide bonds. The zero-order valence-electron chi connectivity index (χ0n) is 11.6. The first-order chi connectivity index (χ1) is 9.13. The predicted octanol–water partition coefficient (Wildman–Crippen LogP) is 3.64. The van der Waals surface area contributed by atoms with Gasteiger partial charge in [-0.3, -0.25) is 4.90 Å². The van der Waals surface area contributed by atoms with E-state index in [0.717, 1.165) is 12.1 Å². The minimum atomic E-state index is 0.659. The minimum Gasteiger partial charge on any atom is -0.375 e. The highest BCUT2D eigenvalue weighted by Crippen LogP contribution is 2.28. The SMILES string of the molecule is C[C@@H]1CCC[C@H](C)N1Cc1ccc2nc(N)sc2c1. The molecule has 1 saturated heterocycles. The second-order valence-corrected chi connectivity index (χ2v) is 6.72. The average Bonchev–Trinajstić information content (AvgIpc) is 2.73. The first-order valence-electron chi connectivity index (χ1n) is 7.04. The molecule has 1 aromatic heterocycles. The Kier molecular flexibility index (Phi) is 3.46. The number of likely N-dealkylation sites (tertiary alicyclic amines) is 1. The Bertz CT molecular complexity index is 568. The number of piperidine rings is 1. The fourth-order valence-corrected chi connectivity index (χ4v) is 3.88. The van der Waals surface area contributed by atoms with E-state index in [4.69, 9.17) is 5.73 Å². The molecule has 2 atom stereocenters. The van der Waals surface area contributed by atoms with Crippen LogP contribution in [0.1, 0.15) is 38.7 Å². The summed E-state index contributed by atoms with van der Waals surface area (Å²) in [6.07, 6.45) is 4.00. The smallest absolute Gasteiger partial charge is 0.181 e. The van der Waals surface area contributed by atoms with Crippen LogP contribution in [-0.4, -0.2) is 22.0 Å². The number of benzene rings is 1. The van der Waals surface area contributed by atoms with Crippen molar-refractivity contribution in [2.45, 2.75) is 51.7 Å². The van der Waals surface area contributed by atoms with Gasteiger partial charge in [0.1, 0.15) is 0 Å². The molecule has 4 heteroatoms. The van der Waals surface area contributed by atoms with Crippen molar-refractivity contribution >= 4 is 26.7 Å². The van der Waals surface area contributed by atoms with Crippen molar-refractivity contribution in [3.63, 3.8) is 0 Å². The normalized spacial score (nSPS) is 24.9. The van der Waals surface area contributed by atoms with Gasteiger partial charge >= 0.3 is 0 Å². The molecule has 1 aromatic carbocycles. The molecule has 0 unspecified atom stereocenters. The molecule has 0 radical (unpaired) electrons. The molecule has 0 aliphatic carbocycles. The van der Waals surface area contributed by atoms with Gasteiger partial charge < -0.3 is 5.73 Å².